The Kier molecular flexibility index (Phi) is 5.62. The molecule has 0 aliphatic heterocycles. The first kappa shape index (κ1) is 15.5. The molecular formula is C17H17BrClF. The highest BCUT2D eigenvalue weighted by Gasteiger charge is 2.12. The highest BCUT2D eigenvalue weighted by atomic mass is 79.9. The molecule has 2 aromatic carbocycles. The van der Waals surface area contributed by atoms with E-state index in [-0.39, 0.29) is 5.82 Å². The average molecular weight is 356 g/mol. The molecule has 0 nitrogen and oxygen atoms in total. The smallest absolute Gasteiger partial charge is 0.123 e. The molecule has 0 radical (unpaired) electrons. The summed E-state index contributed by atoms with van der Waals surface area (Å²) in [5.74, 6) is 0.260. The van der Waals surface area contributed by atoms with E-state index in [0.717, 1.165) is 34.3 Å². The van der Waals surface area contributed by atoms with Crippen molar-refractivity contribution in [3.8, 4) is 0 Å². The van der Waals surface area contributed by atoms with Gasteiger partial charge < -0.3 is 0 Å². The largest absolute Gasteiger partial charge is 0.207 e. The van der Waals surface area contributed by atoms with Crippen molar-refractivity contribution in [3.63, 3.8) is 0 Å². The normalized spacial score (nSPS) is 12.4. The summed E-state index contributed by atoms with van der Waals surface area (Å²) in [5, 5.41) is 1.65. The standard InChI is InChI=1S/C17H17BrClF/c1-12-5-6-17(20)10-15(12)8-14(11-18)7-13-3-2-4-16(19)9-13/h2-6,9-10,14H,7-8,11H2,1H3. The quantitative estimate of drug-likeness (QED) is 0.614. The molecule has 2 rings (SSSR count). The van der Waals surface area contributed by atoms with Crippen molar-refractivity contribution in [1.82, 2.24) is 0 Å². The van der Waals surface area contributed by atoms with E-state index >= 15 is 0 Å². The number of hydrogen-bond donors (Lipinski definition) is 0. The zero-order chi connectivity index (χ0) is 14.5. The maximum absolute atomic E-state index is 13.4. The van der Waals surface area contributed by atoms with Gasteiger partial charge in [-0.25, -0.2) is 4.39 Å². The lowest BCUT2D eigenvalue weighted by atomic mass is 9.92. The number of benzene rings is 2. The van der Waals surface area contributed by atoms with Crippen LogP contribution < -0.4 is 0 Å². The van der Waals surface area contributed by atoms with Gasteiger partial charge in [-0.05, 0) is 66.6 Å². The summed E-state index contributed by atoms with van der Waals surface area (Å²) in [4.78, 5) is 0. The molecule has 0 saturated carbocycles. The molecule has 0 aliphatic rings. The van der Waals surface area contributed by atoms with Crippen molar-refractivity contribution in [3.05, 3.63) is 70.0 Å². The molecule has 0 spiro atoms. The number of rotatable bonds is 5. The fraction of sp³-hybridized carbons (Fsp3) is 0.294. The topological polar surface area (TPSA) is 0 Å². The molecule has 20 heavy (non-hydrogen) atoms. The molecule has 0 amide bonds. The van der Waals surface area contributed by atoms with Gasteiger partial charge in [0.2, 0.25) is 0 Å². The molecule has 1 atom stereocenters. The molecule has 0 fully saturated rings. The summed E-state index contributed by atoms with van der Waals surface area (Å²) in [7, 11) is 0. The van der Waals surface area contributed by atoms with Crippen LogP contribution in [0, 0.1) is 18.7 Å². The Morgan fingerprint density at radius 1 is 1.15 bits per heavy atom. The summed E-state index contributed by atoms with van der Waals surface area (Å²) in [6.07, 6.45) is 1.79. The van der Waals surface area contributed by atoms with Gasteiger partial charge in [0.05, 0.1) is 0 Å². The van der Waals surface area contributed by atoms with Gasteiger partial charge >= 0.3 is 0 Å². The van der Waals surface area contributed by atoms with Crippen LogP contribution in [0.3, 0.4) is 0 Å². The summed E-state index contributed by atoms with van der Waals surface area (Å²) < 4.78 is 13.4. The minimum Gasteiger partial charge on any atom is -0.207 e. The maximum atomic E-state index is 13.4. The highest BCUT2D eigenvalue weighted by molar-refractivity contribution is 9.09. The van der Waals surface area contributed by atoms with Crippen molar-refractivity contribution < 1.29 is 4.39 Å². The van der Waals surface area contributed by atoms with E-state index < -0.39 is 0 Å². The maximum Gasteiger partial charge on any atom is 0.123 e. The van der Waals surface area contributed by atoms with Gasteiger partial charge in [0, 0.05) is 10.4 Å². The fourth-order valence-corrected chi connectivity index (χ4v) is 3.02. The van der Waals surface area contributed by atoms with E-state index in [0.29, 0.717) is 5.92 Å². The molecule has 106 valence electrons. The lowest BCUT2D eigenvalue weighted by Gasteiger charge is -2.16. The Morgan fingerprint density at radius 3 is 2.65 bits per heavy atom. The molecule has 3 heteroatoms. The van der Waals surface area contributed by atoms with Crippen LogP contribution in [0.15, 0.2) is 42.5 Å². The predicted octanol–water partition coefficient (Wildman–Crippen LogP) is 5.58. The van der Waals surface area contributed by atoms with Crippen LogP contribution in [0.1, 0.15) is 16.7 Å². The zero-order valence-corrected chi connectivity index (χ0v) is 13.7. The van der Waals surface area contributed by atoms with E-state index in [2.05, 4.69) is 22.0 Å². The van der Waals surface area contributed by atoms with Crippen LogP contribution in [0.4, 0.5) is 4.39 Å². The SMILES string of the molecule is Cc1ccc(F)cc1CC(CBr)Cc1cccc(Cl)c1. The van der Waals surface area contributed by atoms with Gasteiger partial charge in [0.1, 0.15) is 5.82 Å². The molecule has 1 unspecified atom stereocenters. The second kappa shape index (κ2) is 7.24. The van der Waals surface area contributed by atoms with Crippen molar-refractivity contribution in [1.29, 1.82) is 0 Å². The summed E-state index contributed by atoms with van der Waals surface area (Å²) in [6.45, 7) is 2.03. The van der Waals surface area contributed by atoms with Gasteiger partial charge in [-0.3, -0.25) is 0 Å². The van der Waals surface area contributed by atoms with E-state index in [1.54, 1.807) is 6.07 Å². The van der Waals surface area contributed by atoms with Crippen LogP contribution in [0.2, 0.25) is 5.02 Å². The molecule has 0 heterocycles. The van der Waals surface area contributed by atoms with Gasteiger partial charge in [-0.2, -0.15) is 0 Å². The summed E-state index contributed by atoms with van der Waals surface area (Å²) in [6, 6.07) is 12.9. The average Bonchev–Trinajstić information content (AvgIpc) is 2.42. The lowest BCUT2D eigenvalue weighted by Crippen LogP contribution is -2.11. The van der Waals surface area contributed by atoms with Gasteiger partial charge in [-0.15, -0.1) is 0 Å². The van der Waals surface area contributed by atoms with Crippen molar-refractivity contribution >= 4 is 27.5 Å². The third-order valence-electron chi connectivity index (χ3n) is 3.45. The van der Waals surface area contributed by atoms with E-state index in [1.165, 1.54) is 11.6 Å². The number of alkyl halides is 1. The molecule has 0 saturated heterocycles. The Balaban J connectivity index is 2.11. The zero-order valence-electron chi connectivity index (χ0n) is 11.4. The fourth-order valence-electron chi connectivity index (χ4n) is 2.35. The Hall–Kier alpha value is -0.860. The highest BCUT2D eigenvalue weighted by Crippen LogP contribution is 2.21. The monoisotopic (exact) mass is 354 g/mol. The van der Waals surface area contributed by atoms with Crippen molar-refractivity contribution in [2.45, 2.75) is 19.8 Å². The van der Waals surface area contributed by atoms with Gasteiger partial charge in [-0.1, -0.05) is 45.7 Å². The molecule has 0 N–H and O–H groups in total. The minimum atomic E-state index is -0.165. The predicted molar refractivity (Wildman–Crippen MR) is 87.3 cm³/mol. The molecule has 0 bridgehead atoms. The lowest BCUT2D eigenvalue weighted by molar-refractivity contribution is 0.580. The first-order valence-corrected chi connectivity index (χ1v) is 8.14. The molecule has 0 aliphatic carbocycles. The van der Waals surface area contributed by atoms with Gasteiger partial charge in [0.25, 0.3) is 0 Å². The van der Waals surface area contributed by atoms with Gasteiger partial charge in [0.15, 0.2) is 0 Å². The van der Waals surface area contributed by atoms with Crippen molar-refractivity contribution in [2.24, 2.45) is 5.92 Å². The third kappa shape index (κ3) is 4.32. The number of halogens is 3. The van der Waals surface area contributed by atoms with Crippen LogP contribution in [0.5, 0.6) is 0 Å². The third-order valence-corrected chi connectivity index (χ3v) is 4.60. The Morgan fingerprint density at radius 2 is 1.95 bits per heavy atom. The Labute approximate surface area is 133 Å². The first-order chi connectivity index (χ1) is 9.58. The second-order valence-electron chi connectivity index (χ2n) is 5.13. The van der Waals surface area contributed by atoms with E-state index in [1.807, 2.05) is 31.2 Å². The summed E-state index contributed by atoms with van der Waals surface area (Å²) in [5.41, 5.74) is 3.44. The Bertz CT molecular complexity index is 583. The first-order valence-electron chi connectivity index (χ1n) is 6.64. The minimum absolute atomic E-state index is 0.165. The van der Waals surface area contributed by atoms with Crippen LogP contribution >= 0.6 is 27.5 Å². The van der Waals surface area contributed by atoms with Crippen LogP contribution in [0.25, 0.3) is 0 Å². The number of aryl methyl sites for hydroxylation is 1. The molecule has 2 aromatic rings. The molecule has 0 aromatic heterocycles. The van der Waals surface area contributed by atoms with Crippen LogP contribution in [-0.2, 0) is 12.8 Å². The second-order valence-corrected chi connectivity index (χ2v) is 6.21. The summed E-state index contributed by atoms with van der Waals surface area (Å²) >= 11 is 9.58. The number of hydrogen-bond acceptors (Lipinski definition) is 0. The van der Waals surface area contributed by atoms with Crippen molar-refractivity contribution in [2.75, 3.05) is 5.33 Å². The molecular weight excluding hydrogens is 339 g/mol. The van der Waals surface area contributed by atoms with E-state index in [4.69, 9.17) is 11.6 Å². The van der Waals surface area contributed by atoms with Crippen LogP contribution in [-0.4, -0.2) is 5.33 Å². The van der Waals surface area contributed by atoms with E-state index in [9.17, 15) is 4.39 Å².